The number of nitrogens with zero attached hydrogens (tertiary/aromatic N) is 2. The summed E-state index contributed by atoms with van der Waals surface area (Å²) in [5, 5.41) is 18.7. The summed E-state index contributed by atoms with van der Waals surface area (Å²) in [7, 11) is 0. The highest BCUT2D eigenvalue weighted by Gasteiger charge is 2.29. The fourth-order valence-electron chi connectivity index (χ4n) is 3.05. The molecule has 0 fully saturated rings. The number of unbranched alkanes of at least 4 members (excludes halogenated alkanes) is 4. The molecule has 23 heavy (non-hydrogen) atoms. The van der Waals surface area contributed by atoms with Crippen LogP contribution in [-0.4, -0.2) is 38.9 Å². The number of nitrogens with one attached hydrogen (secondary N) is 2. The van der Waals surface area contributed by atoms with Crippen LogP contribution in [0.5, 0.6) is 0 Å². The first-order chi connectivity index (χ1) is 11.2. The monoisotopic (exact) mass is 312 g/mol. The number of rotatable bonds is 7. The molecule has 0 amide bonds. The molecule has 3 N–H and O–H groups in total. The fourth-order valence-corrected chi connectivity index (χ4v) is 3.05. The van der Waals surface area contributed by atoms with Crippen molar-refractivity contribution in [2.45, 2.75) is 39.0 Å². The maximum atomic E-state index is 10.3. The quantitative estimate of drug-likeness (QED) is 0.674. The number of aliphatic hydroxyl groups excluding tert-OH is 1. The SMILES string of the molecule is CCCCCCCN1CC(O)=C(c2nc3ccccc3[nH]2)C1=N. The molecule has 0 atom stereocenters. The number of hydrogen-bond donors (Lipinski definition) is 3. The molecule has 0 saturated carbocycles. The fraction of sp³-hybridized carbons (Fsp3) is 0.444. The van der Waals surface area contributed by atoms with Crippen LogP contribution in [0.25, 0.3) is 16.6 Å². The number of H-pyrrole nitrogens is 1. The second-order valence-electron chi connectivity index (χ2n) is 6.11. The van der Waals surface area contributed by atoms with Gasteiger partial charge in [-0.3, -0.25) is 5.41 Å². The van der Waals surface area contributed by atoms with Crippen LogP contribution in [-0.2, 0) is 0 Å². The van der Waals surface area contributed by atoms with E-state index in [-0.39, 0.29) is 5.76 Å². The summed E-state index contributed by atoms with van der Waals surface area (Å²) >= 11 is 0. The number of fused-ring (bicyclic) bond motifs is 1. The summed E-state index contributed by atoms with van der Waals surface area (Å²) in [6, 6.07) is 7.76. The van der Waals surface area contributed by atoms with Gasteiger partial charge < -0.3 is 15.0 Å². The number of amidine groups is 1. The van der Waals surface area contributed by atoms with Gasteiger partial charge in [-0.15, -0.1) is 0 Å². The molecule has 122 valence electrons. The largest absolute Gasteiger partial charge is 0.510 e. The Morgan fingerprint density at radius 1 is 1.22 bits per heavy atom. The molecular formula is C18H24N4O. The van der Waals surface area contributed by atoms with E-state index in [0.717, 1.165) is 24.0 Å². The summed E-state index contributed by atoms with van der Waals surface area (Å²) < 4.78 is 0. The lowest BCUT2D eigenvalue weighted by atomic mass is 10.1. The number of hydrogen-bond acceptors (Lipinski definition) is 3. The van der Waals surface area contributed by atoms with Crippen LogP contribution >= 0.6 is 0 Å². The van der Waals surface area contributed by atoms with Crippen molar-refractivity contribution in [1.29, 1.82) is 5.41 Å². The van der Waals surface area contributed by atoms with Crippen LogP contribution in [0.1, 0.15) is 44.9 Å². The minimum absolute atomic E-state index is 0.239. The van der Waals surface area contributed by atoms with Crippen molar-refractivity contribution in [2.24, 2.45) is 0 Å². The van der Waals surface area contributed by atoms with Gasteiger partial charge in [-0.25, -0.2) is 4.98 Å². The summed E-state index contributed by atoms with van der Waals surface area (Å²) in [4.78, 5) is 9.65. The number of aromatic nitrogens is 2. The predicted molar refractivity (Wildman–Crippen MR) is 93.7 cm³/mol. The minimum Gasteiger partial charge on any atom is -0.510 e. The zero-order chi connectivity index (χ0) is 16.2. The van der Waals surface area contributed by atoms with Crippen molar-refractivity contribution >= 4 is 22.4 Å². The van der Waals surface area contributed by atoms with Gasteiger partial charge in [0, 0.05) is 6.54 Å². The Kier molecular flexibility index (Phi) is 4.65. The van der Waals surface area contributed by atoms with Gasteiger partial charge in [-0.1, -0.05) is 44.7 Å². The summed E-state index contributed by atoms with van der Waals surface area (Å²) in [6.07, 6.45) is 5.98. The molecule has 0 spiro atoms. The van der Waals surface area contributed by atoms with E-state index in [1.165, 1.54) is 25.7 Å². The van der Waals surface area contributed by atoms with Crippen molar-refractivity contribution < 1.29 is 5.11 Å². The third-order valence-corrected chi connectivity index (χ3v) is 4.34. The van der Waals surface area contributed by atoms with E-state index in [4.69, 9.17) is 5.41 Å². The second-order valence-corrected chi connectivity index (χ2v) is 6.11. The molecule has 1 aromatic heterocycles. The number of para-hydroxylation sites is 2. The topological polar surface area (TPSA) is 76.0 Å². The highest BCUT2D eigenvalue weighted by Crippen LogP contribution is 2.27. The molecule has 0 aliphatic carbocycles. The van der Waals surface area contributed by atoms with Crippen LogP contribution in [0.4, 0.5) is 0 Å². The summed E-state index contributed by atoms with van der Waals surface area (Å²) in [5.41, 5.74) is 2.32. The average Bonchev–Trinajstić information content (AvgIpc) is 3.08. The van der Waals surface area contributed by atoms with Gasteiger partial charge >= 0.3 is 0 Å². The maximum Gasteiger partial charge on any atom is 0.145 e. The molecule has 0 bridgehead atoms. The van der Waals surface area contributed by atoms with Gasteiger partial charge in [-0.2, -0.15) is 0 Å². The van der Waals surface area contributed by atoms with Crippen molar-refractivity contribution in [2.75, 3.05) is 13.1 Å². The number of benzene rings is 1. The Labute approximate surface area is 136 Å². The molecule has 0 unspecified atom stereocenters. The Bertz CT molecular complexity index is 698. The van der Waals surface area contributed by atoms with Crippen LogP contribution in [0.15, 0.2) is 30.0 Å². The molecular weight excluding hydrogens is 288 g/mol. The van der Waals surface area contributed by atoms with E-state index in [1.807, 2.05) is 29.2 Å². The van der Waals surface area contributed by atoms with Gasteiger partial charge in [0.1, 0.15) is 17.4 Å². The maximum absolute atomic E-state index is 10.3. The van der Waals surface area contributed by atoms with Crippen molar-refractivity contribution in [3.63, 3.8) is 0 Å². The first-order valence-corrected chi connectivity index (χ1v) is 8.41. The van der Waals surface area contributed by atoms with Crippen molar-refractivity contribution in [3.8, 4) is 0 Å². The van der Waals surface area contributed by atoms with Crippen molar-refractivity contribution in [1.82, 2.24) is 14.9 Å². The van der Waals surface area contributed by atoms with E-state index in [2.05, 4.69) is 16.9 Å². The molecule has 2 aromatic rings. The van der Waals surface area contributed by atoms with Crippen molar-refractivity contribution in [3.05, 3.63) is 35.8 Å². The normalized spacial score (nSPS) is 15.2. The lowest BCUT2D eigenvalue weighted by Gasteiger charge is -2.18. The standard InChI is InChI=1S/C18H24N4O/c1-2-3-4-5-8-11-22-12-15(23)16(17(22)19)18-20-13-9-6-7-10-14(13)21-18/h6-7,9-10,19,23H,2-5,8,11-12H2,1H3,(H,20,21). The molecule has 5 heteroatoms. The summed E-state index contributed by atoms with van der Waals surface area (Å²) in [6.45, 7) is 3.44. The van der Waals surface area contributed by atoms with Gasteiger partial charge in [0.15, 0.2) is 0 Å². The predicted octanol–water partition coefficient (Wildman–Crippen LogP) is 4.10. The Morgan fingerprint density at radius 2 is 2.00 bits per heavy atom. The Balaban J connectivity index is 1.68. The van der Waals surface area contributed by atoms with E-state index in [1.54, 1.807) is 0 Å². The first-order valence-electron chi connectivity index (χ1n) is 8.41. The highest BCUT2D eigenvalue weighted by atomic mass is 16.3. The number of aromatic amines is 1. The first kappa shape index (κ1) is 15.6. The summed E-state index contributed by atoms with van der Waals surface area (Å²) in [5.74, 6) is 1.20. The van der Waals surface area contributed by atoms with Gasteiger partial charge in [-0.05, 0) is 18.6 Å². The van der Waals surface area contributed by atoms with Crippen LogP contribution in [0.3, 0.4) is 0 Å². The molecule has 1 aliphatic rings. The zero-order valence-electron chi connectivity index (χ0n) is 13.6. The number of aliphatic hydroxyl groups is 1. The molecule has 1 aromatic carbocycles. The van der Waals surface area contributed by atoms with E-state index in [9.17, 15) is 5.11 Å². The molecule has 2 heterocycles. The molecule has 5 nitrogen and oxygen atoms in total. The minimum atomic E-state index is 0.239. The van der Waals surface area contributed by atoms with Crippen LogP contribution in [0, 0.1) is 5.41 Å². The highest BCUT2D eigenvalue weighted by molar-refractivity contribution is 6.23. The Morgan fingerprint density at radius 3 is 2.78 bits per heavy atom. The van der Waals surface area contributed by atoms with Gasteiger partial charge in [0.05, 0.1) is 23.2 Å². The zero-order valence-corrected chi connectivity index (χ0v) is 13.6. The molecule has 0 radical (unpaired) electrons. The molecule has 3 rings (SSSR count). The Hall–Kier alpha value is -2.30. The lowest BCUT2D eigenvalue weighted by molar-refractivity contribution is 0.344. The molecule has 1 aliphatic heterocycles. The van der Waals surface area contributed by atoms with E-state index >= 15 is 0 Å². The van der Waals surface area contributed by atoms with Gasteiger partial charge in [0.25, 0.3) is 0 Å². The third kappa shape index (κ3) is 3.23. The smallest absolute Gasteiger partial charge is 0.145 e. The number of imidazole rings is 1. The average molecular weight is 312 g/mol. The van der Waals surface area contributed by atoms with E-state index in [0.29, 0.717) is 23.8 Å². The third-order valence-electron chi connectivity index (χ3n) is 4.34. The van der Waals surface area contributed by atoms with Crippen LogP contribution < -0.4 is 0 Å². The van der Waals surface area contributed by atoms with Gasteiger partial charge in [0.2, 0.25) is 0 Å². The second kappa shape index (κ2) is 6.86. The van der Waals surface area contributed by atoms with Crippen LogP contribution in [0.2, 0.25) is 0 Å². The van der Waals surface area contributed by atoms with E-state index < -0.39 is 0 Å². The molecule has 0 saturated heterocycles. The lowest BCUT2D eigenvalue weighted by Crippen LogP contribution is -2.27.